The quantitative estimate of drug-likeness (QED) is 0.797. The number of benzene rings is 1. The molecule has 0 bridgehead atoms. The fourth-order valence-corrected chi connectivity index (χ4v) is 3.35. The Labute approximate surface area is 104 Å². The van der Waals surface area contributed by atoms with Crippen LogP contribution in [-0.2, 0) is 0 Å². The molecular formula is C15H22N2. The average Bonchev–Trinajstić information content (AvgIpc) is 2.62. The van der Waals surface area contributed by atoms with Crippen molar-refractivity contribution in [1.29, 1.82) is 0 Å². The van der Waals surface area contributed by atoms with Crippen LogP contribution in [0.3, 0.4) is 0 Å². The molecule has 0 amide bonds. The zero-order chi connectivity index (χ0) is 11.5. The van der Waals surface area contributed by atoms with E-state index in [0.717, 1.165) is 6.54 Å². The Morgan fingerprint density at radius 3 is 2.71 bits per heavy atom. The van der Waals surface area contributed by atoms with Gasteiger partial charge < -0.3 is 5.32 Å². The molecule has 2 nitrogen and oxygen atoms in total. The third kappa shape index (κ3) is 2.38. The summed E-state index contributed by atoms with van der Waals surface area (Å²) in [5.41, 5.74) is 1.46. The van der Waals surface area contributed by atoms with Gasteiger partial charge in [0.05, 0.1) is 0 Å². The lowest BCUT2D eigenvalue weighted by Crippen LogP contribution is -2.45. The van der Waals surface area contributed by atoms with E-state index in [-0.39, 0.29) is 0 Å². The molecule has 0 aliphatic carbocycles. The molecule has 2 fully saturated rings. The Bertz CT molecular complexity index is 349. The molecule has 0 radical (unpaired) electrons. The third-order valence-corrected chi connectivity index (χ3v) is 4.19. The molecule has 17 heavy (non-hydrogen) atoms. The van der Waals surface area contributed by atoms with E-state index in [4.69, 9.17) is 0 Å². The van der Waals surface area contributed by atoms with Gasteiger partial charge in [-0.2, -0.15) is 0 Å². The molecule has 2 atom stereocenters. The molecule has 3 rings (SSSR count). The Balaban J connectivity index is 1.85. The van der Waals surface area contributed by atoms with Crippen LogP contribution in [0.15, 0.2) is 30.3 Å². The van der Waals surface area contributed by atoms with Crippen LogP contribution in [0.4, 0.5) is 0 Å². The van der Waals surface area contributed by atoms with Crippen molar-refractivity contribution in [2.45, 2.75) is 37.8 Å². The molecule has 1 aromatic carbocycles. The molecule has 2 saturated heterocycles. The van der Waals surface area contributed by atoms with E-state index in [9.17, 15) is 0 Å². The summed E-state index contributed by atoms with van der Waals surface area (Å²) in [6.45, 7) is 3.74. The summed E-state index contributed by atoms with van der Waals surface area (Å²) >= 11 is 0. The highest BCUT2D eigenvalue weighted by atomic mass is 15.2. The van der Waals surface area contributed by atoms with Gasteiger partial charge in [0.2, 0.25) is 0 Å². The third-order valence-electron chi connectivity index (χ3n) is 4.19. The SMILES string of the molecule is c1ccc(C2NCCCN3CCCCC23)cc1. The first kappa shape index (κ1) is 11.2. The Kier molecular flexibility index (Phi) is 3.44. The van der Waals surface area contributed by atoms with Gasteiger partial charge in [-0.05, 0) is 44.5 Å². The maximum Gasteiger partial charge on any atom is 0.0478 e. The van der Waals surface area contributed by atoms with E-state index in [1.165, 1.54) is 44.3 Å². The molecule has 1 N–H and O–H groups in total. The largest absolute Gasteiger partial charge is 0.309 e. The lowest BCUT2D eigenvalue weighted by molar-refractivity contribution is 0.132. The molecule has 2 aliphatic rings. The summed E-state index contributed by atoms with van der Waals surface area (Å²) in [5, 5.41) is 3.76. The highest BCUT2D eigenvalue weighted by Gasteiger charge is 2.31. The predicted molar refractivity (Wildman–Crippen MR) is 71.0 cm³/mol. The van der Waals surface area contributed by atoms with Crippen molar-refractivity contribution < 1.29 is 0 Å². The van der Waals surface area contributed by atoms with Gasteiger partial charge in [0.15, 0.2) is 0 Å². The number of fused-ring (bicyclic) bond motifs is 1. The normalized spacial score (nSPS) is 30.6. The number of rotatable bonds is 1. The second-order valence-electron chi connectivity index (χ2n) is 5.30. The molecule has 92 valence electrons. The van der Waals surface area contributed by atoms with Crippen LogP contribution in [0.5, 0.6) is 0 Å². The first-order chi connectivity index (χ1) is 8.45. The van der Waals surface area contributed by atoms with Crippen molar-refractivity contribution in [3.63, 3.8) is 0 Å². The summed E-state index contributed by atoms with van der Waals surface area (Å²) in [6, 6.07) is 12.2. The van der Waals surface area contributed by atoms with Gasteiger partial charge >= 0.3 is 0 Å². The van der Waals surface area contributed by atoms with Gasteiger partial charge in [-0.15, -0.1) is 0 Å². The molecule has 0 spiro atoms. The highest BCUT2D eigenvalue weighted by molar-refractivity contribution is 5.21. The van der Waals surface area contributed by atoms with Crippen molar-refractivity contribution in [3.8, 4) is 0 Å². The summed E-state index contributed by atoms with van der Waals surface area (Å²) in [5.74, 6) is 0. The van der Waals surface area contributed by atoms with Crippen molar-refractivity contribution in [2.75, 3.05) is 19.6 Å². The van der Waals surface area contributed by atoms with E-state index in [0.29, 0.717) is 12.1 Å². The summed E-state index contributed by atoms with van der Waals surface area (Å²) in [4.78, 5) is 2.71. The Morgan fingerprint density at radius 2 is 1.82 bits per heavy atom. The molecule has 0 saturated carbocycles. The van der Waals surface area contributed by atoms with Crippen LogP contribution in [-0.4, -0.2) is 30.6 Å². The van der Waals surface area contributed by atoms with E-state index in [1.54, 1.807) is 0 Å². The average molecular weight is 230 g/mol. The minimum atomic E-state index is 0.541. The minimum Gasteiger partial charge on any atom is -0.309 e. The van der Waals surface area contributed by atoms with Gasteiger partial charge in [0, 0.05) is 12.1 Å². The first-order valence-electron chi connectivity index (χ1n) is 6.97. The monoisotopic (exact) mass is 230 g/mol. The second-order valence-corrected chi connectivity index (χ2v) is 5.30. The number of hydrogen-bond acceptors (Lipinski definition) is 2. The van der Waals surface area contributed by atoms with Crippen LogP contribution in [0.25, 0.3) is 0 Å². The predicted octanol–water partition coefficient (Wildman–Crippen LogP) is 2.58. The molecule has 1 aromatic rings. The van der Waals surface area contributed by atoms with E-state index < -0.39 is 0 Å². The lowest BCUT2D eigenvalue weighted by Gasteiger charge is -2.38. The molecule has 0 aromatic heterocycles. The van der Waals surface area contributed by atoms with Crippen LogP contribution in [0, 0.1) is 0 Å². The van der Waals surface area contributed by atoms with Gasteiger partial charge in [0.25, 0.3) is 0 Å². The van der Waals surface area contributed by atoms with Crippen molar-refractivity contribution in [3.05, 3.63) is 35.9 Å². The van der Waals surface area contributed by atoms with Gasteiger partial charge in [-0.25, -0.2) is 0 Å². The molecule has 2 aliphatic heterocycles. The van der Waals surface area contributed by atoms with E-state index in [1.807, 2.05) is 0 Å². The van der Waals surface area contributed by atoms with Gasteiger partial charge in [-0.3, -0.25) is 4.90 Å². The number of piperidine rings is 1. The first-order valence-corrected chi connectivity index (χ1v) is 6.97. The smallest absolute Gasteiger partial charge is 0.0478 e. The van der Waals surface area contributed by atoms with Crippen LogP contribution < -0.4 is 5.32 Å². The van der Waals surface area contributed by atoms with Gasteiger partial charge in [-0.1, -0.05) is 36.8 Å². The fraction of sp³-hybridized carbons (Fsp3) is 0.600. The molecule has 2 unspecified atom stereocenters. The number of nitrogens with zero attached hydrogens (tertiary/aromatic N) is 1. The van der Waals surface area contributed by atoms with Crippen molar-refractivity contribution in [1.82, 2.24) is 10.2 Å². The topological polar surface area (TPSA) is 15.3 Å². The van der Waals surface area contributed by atoms with Crippen LogP contribution in [0.2, 0.25) is 0 Å². The fourth-order valence-electron chi connectivity index (χ4n) is 3.35. The van der Waals surface area contributed by atoms with E-state index in [2.05, 4.69) is 40.5 Å². The molecular weight excluding hydrogens is 208 g/mol. The Morgan fingerprint density at radius 1 is 1.00 bits per heavy atom. The van der Waals surface area contributed by atoms with Crippen molar-refractivity contribution in [2.24, 2.45) is 0 Å². The highest BCUT2D eigenvalue weighted by Crippen LogP contribution is 2.30. The Hall–Kier alpha value is -0.860. The number of nitrogens with one attached hydrogen (secondary N) is 1. The van der Waals surface area contributed by atoms with Crippen LogP contribution >= 0.6 is 0 Å². The summed E-state index contributed by atoms with van der Waals surface area (Å²) in [7, 11) is 0. The van der Waals surface area contributed by atoms with Crippen molar-refractivity contribution >= 4 is 0 Å². The van der Waals surface area contributed by atoms with Gasteiger partial charge in [0.1, 0.15) is 0 Å². The summed E-state index contributed by atoms with van der Waals surface area (Å²) in [6.07, 6.45) is 5.43. The maximum absolute atomic E-state index is 3.76. The van der Waals surface area contributed by atoms with Crippen LogP contribution in [0.1, 0.15) is 37.3 Å². The second kappa shape index (κ2) is 5.19. The lowest BCUT2D eigenvalue weighted by atomic mass is 9.91. The standard InChI is InChI=1S/C15H22N2/c1-2-7-13(8-3-1)15-14-9-4-5-11-17(14)12-6-10-16-15/h1-3,7-8,14-16H,4-6,9-12H2. The zero-order valence-electron chi connectivity index (χ0n) is 10.4. The molecule has 2 heteroatoms. The summed E-state index contributed by atoms with van der Waals surface area (Å²) < 4.78 is 0. The number of hydrogen-bond donors (Lipinski definition) is 1. The molecule has 2 heterocycles. The zero-order valence-corrected chi connectivity index (χ0v) is 10.4. The van der Waals surface area contributed by atoms with E-state index >= 15 is 0 Å². The minimum absolute atomic E-state index is 0.541. The maximum atomic E-state index is 3.76.